The van der Waals surface area contributed by atoms with E-state index in [1.54, 1.807) is 0 Å². The van der Waals surface area contributed by atoms with Crippen molar-refractivity contribution in [3.63, 3.8) is 0 Å². The van der Waals surface area contributed by atoms with Gasteiger partial charge in [0.05, 0.1) is 11.7 Å². The lowest BCUT2D eigenvalue weighted by Gasteiger charge is -2.18. The Morgan fingerprint density at radius 2 is 2.17 bits per heavy atom. The Morgan fingerprint density at radius 1 is 1.50 bits per heavy atom. The van der Waals surface area contributed by atoms with E-state index < -0.39 is 0 Å². The minimum atomic E-state index is 0.624. The van der Waals surface area contributed by atoms with E-state index in [-0.39, 0.29) is 0 Å². The van der Waals surface area contributed by atoms with Gasteiger partial charge in [-0.1, -0.05) is 6.92 Å². The zero-order chi connectivity index (χ0) is 8.81. The molecule has 0 N–H and O–H groups in total. The number of hydrogen-bond donors (Lipinski definition) is 0. The quantitative estimate of drug-likeness (QED) is 0.489. The average molecular weight is 184 g/mol. The molecule has 0 aromatic rings. The van der Waals surface area contributed by atoms with Crippen LogP contribution in [0, 0.1) is 5.92 Å². The first kappa shape index (κ1) is 9.85. The molecule has 0 aromatic carbocycles. The SMILES string of the molecule is CC(CN=C=S)CN1CCCC1. The minimum absolute atomic E-state index is 0.624. The van der Waals surface area contributed by atoms with Crippen LogP contribution in [-0.2, 0) is 0 Å². The van der Waals surface area contributed by atoms with Crippen LogP contribution >= 0.6 is 12.2 Å². The molecule has 3 heteroatoms. The molecule has 1 atom stereocenters. The van der Waals surface area contributed by atoms with E-state index in [9.17, 15) is 0 Å². The molecule has 1 aliphatic rings. The van der Waals surface area contributed by atoms with Gasteiger partial charge in [0, 0.05) is 6.54 Å². The first-order valence-electron chi connectivity index (χ1n) is 4.59. The summed E-state index contributed by atoms with van der Waals surface area (Å²) in [5.74, 6) is 0.624. The van der Waals surface area contributed by atoms with Gasteiger partial charge in [-0.05, 0) is 44.1 Å². The smallest absolute Gasteiger partial charge is 0.0585 e. The van der Waals surface area contributed by atoms with E-state index >= 15 is 0 Å². The fraction of sp³-hybridized carbons (Fsp3) is 0.889. The van der Waals surface area contributed by atoms with E-state index in [2.05, 4.69) is 34.2 Å². The predicted octanol–water partition coefficient (Wildman–Crippen LogP) is 1.82. The normalized spacial score (nSPS) is 20.4. The Labute approximate surface area is 79.7 Å². The number of nitrogens with zero attached hydrogens (tertiary/aromatic N) is 2. The molecule has 0 amide bonds. The fourth-order valence-corrected chi connectivity index (χ4v) is 1.73. The zero-order valence-electron chi connectivity index (χ0n) is 7.62. The summed E-state index contributed by atoms with van der Waals surface area (Å²) in [7, 11) is 0. The molecule has 0 radical (unpaired) electrons. The Hall–Kier alpha value is -0.240. The summed E-state index contributed by atoms with van der Waals surface area (Å²) in [5, 5.41) is 2.41. The number of hydrogen-bond acceptors (Lipinski definition) is 3. The molecule has 1 rings (SSSR count). The van der Waals surface area contributed by atoms with Gasteiger partial charge in [-0.2, -0.15) is 0 Å². The molecule has 68 valence electrons. The molecule has 1 aliphatic heterocycles. The molecule has 2 nitrogen and oxygen atoms in total. The second kappa shape index (κ2) is 5.41. The highest BCUT2D eigenvalue weighted by molar-refractivity contribution is 7.78. The van der Waals surface area contributed by atoms with E-state index in [0.717, 1.165) is 6.54 Å². The second-order valence-electron chi connectivity index (χ2n) is 3.54. The fourth-order valence-electron chi connectivity index (χ4n) is 1.66. The van der Waals surface area contributed by atoms with Crippen molar-refractivity contribution in [2.24, 2.45) is 10.9 Å². The number of aliphatic imine (C=N–C) groups is 1. The summed E-state index contributed by atoms with van der Waals surface area (Å²) in [5.41, 5.74) is 0. The third-order valence-electron chi connectivity index (χ3n) is 2.24. The maximum absolute atomic E-state index is 4.52. The molecule has 0 spiro atoms. The largest absolute Gasteiger partial charge is 0.303 e. The number of isothiocyanates is 1. The van der Waals surface area contributed by atoms with Crippen molar-refractivity contribution < 1.29 is 0 Å². The monoisotopic (exact) mass is 184 g/mol. The Balaban J connectivity index is 2.15. The maximum Gasteiger partial charge on any atom is 0.0585 e. The third kappa shape index (κ3) is 3.44. The maximum atomic E-state index is 4.52. The van der Waals surface area contributed by atoms with Crippen LogP contribution in [0.5, 0.6) is 0 Å². The average Bonchev–Trinajstić information content (AvgIpc) is 2.53. The Kier molecular flexibility index (Phi) is 4.44. The zero-order valence-corrected chi connectivity index (χ0v) is 8.44. The molecule has 1 saturated heterocycles. The van der Waals surface area contributed by atoms with Gasteiger partial charge in [-0.25, -0.2) is 4.99 Å². The van der Waals surface area contributed by atoms with Crippen LogP contribution in [0.2, 0.25) is 0 Å². The van der Waals surface area contributed by atoms with Gasteiger partial charge in [-0.3, -0.25) is 0 Å². The number of thiocarbonyl (C=S) groups is 1. The van der Waals surface area contributed by atoms with E-state index in [1.165, 1.54) is 32.5 Å². The summed E-state index contributed by atoms with van der Waals surface area (Å²) >= 11 is 4.52. The lowest BCUT2D eigenvalue weighted by molar-refractivity contribution is 0.292. The van der Waals surface area contributed by atoms with E-state index in [1.807, 2.05) is 0 Å². The highest BCUT2D eigenvalue weighted by Gasteiger charge is 2.13. The lowest BCUT2D eigenvalue weighted by atomic mass is 10.2. The molecule has 0 bridgehead atoms. The van der Waals surface area contributed by atoms with Gasteiger partial charge in [0.2, 0.25) is 0 Å². The molecular weight excluding hydrogens is 168 g/mol. The van der Waals surface area contributed by atoms with Crippen LogP contribution in [0.4, 0.5) is 0 Å². The van der Waals surface area contributed by atoms with Crippen molar-refractivity contribution >= 4 is 17.4 Å². The van der Waals surface area contributed by atoms with Crippen molar-refractivity contribution in [3.05, 3.63) is 0 Å². The Morgan fingerprint density at radius 3 is 2.75 bits per heavy atom. The van der Waals surface area contributed by atoms with Crippen LogP contribution in [0.25, 0.3) is 0 Å². The molecular formula is C9H16N2S. The number of likely N-dealkylation sites (tertiary alicyclic amines) is 1. The van der Waals surface area contributed by atoms with Crippen LogP contribution in [0.15, 0.2) is 4.99 Å². The summed E-state index contributed by atoms with van der Waals surface area (Å²) in [6, 6.07) is 0. The highest BCUT2D eigenvalue weighted by atomic mass is 32.1. The highest BCUT2D eigenvalue weighted by Crippen LogP contribution is 2.09. The molecule has 1 heterocycles. The second-order valence-corrected chi connectivity index (χ2v) is 3.73. The van der Waals surface area contributed by atoms with Gasteiger partial charge >= 0.3 is 0 Å². The third-order valence-corrected chi connectivity index (χ3v) is 2.37. The molecule has 0 aliphatic carbocycles. The predicted molar refractivity (Wildman–Crippen MR) is 54.7 cm³/mol. The molecule has 1 fully saturated rings. The van der Waals surface area contributed by atoms with Crippen molar-refractivity contribution in [1.82, 2.24) is 4.90 Å². The summed E-state index contributed by atoms with van der Waals surface area (Å²) < 4.78 is 0. The van der Waals surface area contributed by atoms with Gasteiger partial charge in [0.25, 0.3) is 0 Å². The molecule has 1 unspecified atom stereocenters. The van der Waals surface area contributed by atoms with Crippen LogP contribution in [0.1, 0.15) is 19.8 Å². The summed E-state index contributed by atoms with van der Waals surface area (Å²) in [4.78, 5) is 6.46. The van der Waals surface area contributed by atoms with Crippen molar-refractivity contribution in [1.29, 1.82) is 0 Å². The van der Waals surface area contributed by atoms with Gasteiger partial charge in [-0.15, -0.1) is 0 Å². The van der Waals surface area contributed by atoms with Gasteiger partial charge < -0.3 is 4.90 Å². The minimum Gasteiger partial charge on any atom is -0.303 e. The number of rotatable bonds is 4. The van der Waals surface area contributed by atoms with Crippen LogP contribution < -0.4 is 0 Å². The van der Waals surface area contributed by atoms with Gasteiger partial charge in [0.15, 0.2) is 0 Å². The van der Waals surface area contributed by atoms with E-state index in [4.69, 9.17) is 0 Å². The molecule has 12 heavy (non-hydrogen) atoms. The van der Waals surface area contributed by atoms with Crippen molar-refractivity contribution in [2.45, 2.75) is 19.8 Å². The molecule has 0 aromatic heterocycles. The Bertz CT molecular complexity index is 169. The summed E-state index contributed by atoms with van der Waals surface area (Å²) in [6.07, 6.45) is 2.73. The van der Waals surface area contributed by atoms with Crippen molar-refractivity contribution in [2.75, 3.05) is 26.2 Å². The lowest BCUT2D eigenvalue weighted by Crippen LogP contribution is -2.26. The van der Waals surface area contributed by atoms with Crippen LogP contribution in [0.3, 0.4) is 0 Å². The first-order valence-corrected chi connectivity index (χ1v) is 4.99. The van der Waals surface area contributed by atoms with Crippen molar-refractivity contribution in [3.8, 4) is 0 Å². The standard InChI is InChI=1S/C9H16N2S/c1-9(6-10-8-12)7-11-4-2-3-5-11/h9H,2-7H2,1H3. The van der Waals surface area contributed by atoms with Gasteiger partial charge in [0.1, 0.15) is 0 Å². The summed E-state index contributed by atoms with van der Waals surface area (Å²) in [6.45, 7) is 6.76. The first-order chi connectivity index (χ1) is 5.83. The van der Waals surface area contributed by atoms with Crippen LogP contribution in [-0.4, -0.2) is 36.2 Å². The van der Waals surface area contributed by atoms with E-state index in [0.29, 0.717) is 5.92 Å². The molecule has 0 saturated carbocycles. The topological polar surface area (TPSA) is 15.6 Å².